The van der Waals surface area contributed by atoms with Crippen LogP contribution in [0.25, 0.3) is 0 Å². The molecular formula is C8H15N. The fourth-order valence-corrected chi connectivity index (χ4v) is 1.40. The first-order valence-corrected chi connectivity index (χ1v) is 3.64. The molecule has 1 aliphatic heterocycles. The molecule has 0 saturated carbocycles. The summed E-state index contributed by atoms with van der Waals surface area (Å²) < 4.78 is 0. The highest BCUT2D eigenvalue weighted by Crippen LogP contribution is 2.20. The summed E-state index contributed by atoms with van der Waals surface area (Å²) in [5.74, 6) is 1.51. The molecule has 0 amide bonds. The molecule has 1 heteroatoms. The van der Waals surface area contributed by atoms with Crippen molar-refractivity contribution in [3.05, 3.63) is 12.3 Å². The van der Waals surface area contributed by atoms with Crippen molar-refractivity contribution in [3.63, 3.8) is 0 Å². The summed E-state index contributed by atoms with van der Waals surface area (Å²) in [6.07, 6.45) is 4.32. The summed E-state index contributed by atoms with van der Waals surface area (Å²) >= 11 is 0. The molecule has 0 saturated heterocycles. The lowest BCUT2D eigenvalue weighted by molar-refractivity contribution is 0.399. The van der Waals surface area contributed by atoms with Gasteiger partial charge in [0.15, 0.2) is 0 Å². The molecule has 0 aromatic rings. The van der Waals surface area contributed by atoms with Crippen LogP contribution in [-0.4, -0.2) is 6.04 Å². The zero-order chi connectivity index (χ0) is 6.85. The molecule has 1 rings (SSSR count). The maximum Gasteiger partial charge on any atom is 0.0293 e. The van der Waals surface area contributed by atoms with Crippen molar-refractivity contribution in [2.75, 3.05) is 0 Å². The molecule has 0 bridgehead atoms. The third-order valence-electron chi connectivity index (χ3n) is 2.02. The van der Waals surface area contributed by atoms with E-state index in [1.54, 1.807) is 0 Å². The Morgan fingerprint density at radius 3 is 2.33 bits per heavy atom. The van der Waals surface area contributed by atoms with E-state index in [-0.39, 0.29) is 0 Å². The Labute approximate surface area is 57.1 Å². The monoisotopic (exact) mass is 125 g/mol. The molecule has 2 atom stereocenters. The van der Waals surface area contributed by atoms with Crippen LogP contribution in [0.5, 0.6) is 0 Å². The lowest BCUT2D eigenvalue weighted by Crippen LogP contribution is -2.25. The van der Waals surface area contributed by atoms with Gasteiger partial charge >= 0.3 is 0 Å². The highest BCUT2D eigenvalue weighted by Gasteiger charge is 2.20. The predicted molar refractivity (Wildman–Crippen MR) is 40.1 cm³/mol. The van der Waals surface area contributed by atoms with Crippen LogP contribution in [0.2, 0.25) is 0 Å². The van der Waals surface area contributed by atoms with E-state index in [0.717, 1.165) is 11.8 Å². The standard InChI is InChI=1S/C8H15N/c1-6(2)8-4-5-9-7(8)3/h4-9H,1-3H3. The van der Waals surface area contributed by atoms with Crippen LogP contribution in [0.4, 0.5) is 0 Å². The predicted octanol–water partition coefficient (Wildman–Crippen LogP) is 1.76. The molecule has 1 nitrogen and oxygen atoms in total. The van der Waals surface area contributed by atoms with E-state index in [1.807, 2.05) is 0 Å². The van der Waals surface area contributed by atoms with Gasteiger partial charge in [-0.1, -0.05) is 19.9 Å². The van der Waals surface area contributed by atoms with Gasteiger partial charge in [0.05, 0.1) is 0 Å². The smallest absolute Gasteiger partial charge is 0.0293 e. The minimum absolute atomic E-state index is 0.644. The molecule has 0 aromatic carbocycles. The molecule has 1 aliphatic rings. The average Bonchev–Trinajstić information content (AvgIpc) is 2.13. The minimum atomic E-state index is 0.644. The van der Waals surface area contributed by atoms with E-state index in [2.05, 4.69) is 38.4 Å². The molecule has 9 heavy (non-hydrogen) atoms. The van der Waals surface area contributed by atoms with Crippen LogP contribution < -0.4 is 5.32 Å². The zero-order valence-electron chi connectivity index (χ0n) is 6.39. The second-order valence-corrected chi connectivity index (χ2v) is 3.14. The van der Waals surface area contributed by atoms with Crippen LogP contribution in [-0.2, 0) is 0 Å². The summed E-state index contributed by atoms with van der Waals surface area (Å²) in [6.45, 7) is 6.75. The van der Waals surface area contributed by atoms with Crippen molar-refractivity contribution in [1.29, 1.82) is 0 Å². The normalized spacial score (nSPS) is 33.3. The van der Waals surface area contributed by atoms with Gasteiger partial charge < -0.3 is 5.32 Å². The van der Waals surface area contributed by atoms with E-state index >= 15 is 0 Å². The molecule has 52 valence electrons. The second-order valence-electron chi connectivity index (χ2n) is 3.14. The van der Waals surface area contributed by atoms with Crippen molar-refractivity contribution in [2.24, 2.45) is 11.8 Å². The Morgan fingerprint density at radius 2 is 2.11 bits per heavy atom. The minimum Gasteiger partial charge on any atom is -0.388 e. The number of rotatable bonds is 1. The number of nitrogens with one attached hydrogen (secondary N) is 1. The van der Waals surface area contributed by atoms with E-state index < -0.39 is 0 Å². The molecular weight excluding hydrogens is 110 g/mol. The first-order valence-electron chi connectivity index (χ1n) is 3.64. The maximum atomic E-state index is 3.27. The summed E-state index contributed by atoms with van der Waals surface area (Å²) in [5.41, 5.74) is 0. The lowest BCUT2D eigenvalue weighted by Gasteiger charge is -2.18. The first-order chi connectivity index (χ1) is 4.22. The highest BCUT2D eigenvalue weighted by atomic mass is 14.9. The lowest BCUT2D eigenvalue weighted by atomic mass is 9.92. The van der Waals surface area contributed by atoms with Crippen molar-refractivity contribution < 1.29 is 0 Å². The summed E-state index contributed by atoms with van der Waals surface area (Å²) in [6, 6.07) is 0.644. The van der Waals surface area contributed by atoms with E-state index in [9.17, 15) is 0 Å². The Hall–Kier alpha value is -0.460. The summed E-state index contributed by atoms with van der Waals surface area (Å²) in [7, 11) is 0. The Morgan fingerprint density at radius 1 is 1.44 bits per heavy atom. The summed E-state index contributed by atoms with van der Waals surface area (Å²) in [4.78, 5) is 0. The van der Waals surface area contributed by atoms with E-state index in [1.165, 1.54) is 0 Å². The van der Waals surface area contributed by atoms with Gasteiger partial charge in [-0.3, -0.25) is 0 Å². The highest BCUT2D eigenvalue weighted by molar-refractivity contribution is 5.01. The Bertz CT molecular complexity index is 116. The fraction of sp³-hybridized carbons (Fsp3) is 0.750. The number of hydrogen-bond acceptors (Lipinski definition) is 1. The van der Waals surface area contributed by atoms with Crippen molar-refractivity contribution in [1.82, 2.24) is 5.32 Å². The maximum absolute atomic E-state index is 3.27. The number of hydrogen-bond donors (Lipinski definition) is 1. The first kappa shape index (κ1) is 6.66. The molecule has 0 spiro atoms. The molecule has 0 aliphatic carbocycles. The van der Waals surface area contributed by atoms with Crippen molar-refractivity contribution >= 4 is 0 Å². The Balaban J connectivity index is 2.49. The third kappa shape index (κ3) is 1.26. The molecule has 0 radical (unpaired) electrons. The second kappa shape index (κ2) is 2.42. The van der Waals surface area contributed by atoms with Crippen molar-refractivity contribution in [2.45, 2.75) is 26.8 Å². The SMILES string of the molecule is CC(C)C1C=CNC1C. The molecule has 1 heterocycles. The van der Waals surface area contributed by atoms with E-state index in [4.69, 9.17) is 0 Å². The topological polar surface area (TPSA) is 12.0 Å². The van der Waals surface area contributed by atoms with Gasteiger partial charge in [-0.25, -0.2) is 0 Å². The summed E-state index contributed by atoms with van der Waals surface area (Å²) in [5, 5.41) is 3.27. The van der Waals surface area contributed by atoms with Crippen LogP contribution in [0.1, 0.15) is 20.8 Å². The molecule has 1 N–H and O–H groups in total. The van der Waals surface area contributed by atoms with Gasteiger partial charge in [-0.05, 0) is 19.0 Å². The van der Waals surface area contributed by atoms with Crippen LogP contribution in [0.3, 0.4) is 0 Å². The van der Waals surface area contributed by atoms with Gasteiger partial charge in [0.1, 0.15) is 0 Å². The van der Waals surface area contributed by atoms with Gasteiger partial charge in [-0.15, -0.1) is 0 Å². The van der Waals surface area contributed by atoms with Crippen molar-refractivity contribution in [3.8, 4) is 0 Å². The molecule has 0 fully saturated rings. The molecule has 0 aromatic heterocycles. The van der Waals surface area contributed by atoms with Crippen LogP contribution in [0.15, 0.2) is 12.3 Å². The van der Waals surface area contributed by atoms with Gasteiger partial charge in [-0.2, -0.15) is 0 Å². The zero-order valence-corrected chi connectivity index (χ0v) is 6.39. The van der Waals surface area contributed by atoms with Gasteiger partial charge in [0.25, 0.3) is 0 Å². The largest absolute Gasteiger partial charge is 0.388 e. The van der Waals surface area contributed by atoms with E-state index in [0.29, 0.717) is 6.04 Å². The Kier molecular flexibility index (Phi) is 1.79. The average molecular weight is 125 g/mol. The fourth-order valence-electron chi connectivity index (χ4n) is 1.40. The van der Waals surface area contributed by atoms with Crippen LogP contribution >= 0.6 is 0 Å². The van der Waals surface area contributed by atoms with Gasteiger partial charge in [0.2, 0.25) is 0 Å². The third-order valence-corrected chi connectivity index (χ3v) is 2.02. The van der Waals surface area contributed by atoms with Gasteiger partial charge in [0, 0.05) is 12.0 Å². The van der Waals surface area contributed by atoms with Crippen LogP contribution in [0, 0.1) is 11.8 Å². The quantitative estimate of drug-likeness (QED) is 0.563. The molecule has 2 unspecified atom stereocenters.